The lowest BCUT2D eigenvalue weighted by atomic mass is 9.93. The molecule has 0 atom stereocenters. The van der Waals surface area contributed by atoms with Crippen molar-refractivity contribution < 1.29 is 13.6 Å². The Hall–Kier alpha value is -1.43. The van der Waals surface area contributed by atoms with Gasteiger partial charge in [-0.1, -0.05) is 0 Å². The molecule has 1 saturated heterocycles. The number of rotatable bonds is 5. The van der Waals surface area contributed by atoms with Crippen LogP contribution in [0.5, 0.6) is 0 Å². The first-order chi connectivity index (χ1) is 9.61. The highest BCUT2D eigenvalue weighted by Gasteiger charge is 2.25. The topological polar surface area (TPSA) is 51.3 Å². The van der Waals surface area contributed by atoms with Crippen LogP contribution in [-0.2, 0) is 6.54 Å². The summed E-state index contributed by atoms with van der Waals surface area (Å²) in [4.78, 5) is 14.1. The molecule has 6 heteroatoms. The van der Waals surface area contributed by atoms with Crippen LogP contribution in [0, 0.1) is 5.92 Å². The number of alkyl halides is 2. The molecule has 0 saturated carbocycles. The predicted molar refractivity (Wildman–Crippen MR) is 72.7 cm³/mol. The monoisotopic (exact) mass is 285 g/mol. The van der Waals surface area contributed by atoms with Gasteiger partial charge in [0.05, 0.1) is 6.54 Å². The van der Waals surface area contributed by atoms with E-state index in [-0.39, 0.29) is 5.91 Å². The number of halogens is 2. The number of carbonyl (C=O) groups is 1. The first kappa shape index (κ1) is 15.0. The van der Waals surface area contributed by atoms with Crippen molar-refractivity contribution in [1.29, 1.82) is 0 Å². The van der Waals surface area contributed by atoms with Crippen molar-refractivity contribution in [2.75, 3.05) is 19.6 Å². The molecular formula is C14H21F2N3O. The summed E-state index contributed by atoms with van der Waals surface area (Å²) in [5.74, 6) is 0.429. The molecule has 2 N–H and O–H groups in total. The summed E-state index contributed by atoms with van der Waals surface area (Å²) < 4.78 is 26.3. The average molecular weight is 285 g/mol. The van der Waals surface area contributed by atoms with Crippen molar-refractivity contribution in [3.63, 3.8) is 0 Å². The van der Waals surface area contributed by atoms with Gasteiger partial charge in [-0.15, -0.1) is 0 Å². The quantitative estimate of drug-likeness (QED) is 0.899. The summed E-state index contributed by atoms with van der Waals surface area (Å²) in [6, 6.07) is 3.24. The van der Waals surface area contributed by atoms with Gasteiger partial charge in [0.1, 0.15) is 5.69 Å². The summed E-state index contributed by atoms with van der Waals surface area (Å²) in [5, 5.41) is 0. The van der Waals surface area contributed by atoms with E-state index in [4.69, 9.17) is 5.73 Å². The molecule has 0 aliphatic carbocycles. The second-order valence-electron chi connectivity index (χ2n) is 5.25. The smallest absolute Gasteiger partial charge is 0.270 e. The Kier molecular flexibility index (Phi) is 5.11. The molecule has 4 nitrogen and oxygen atoms in total. The van der Waals surface area contributed by atoms with E-state index < -0.39 is 13.0 Å². The van der Waals surface area contributed by atoms with Gasteiger partial charge in [-0.05, 0) is 43.9 Å². The van der Waals surface area contributed by atoms with Crippen molar-refractivity contribution in [2.45, 2.75) is 32.2 Å². The van der Waals surface area contributed by atoms with E-state index in [1.807, 2.05) is 0 Å². The molecule has 20 heavy (non-hydrogen) atoms. The fourth-order valence-electron chi connectivity index (χ4n) is 2.74. The highest BCUT2D eigenvalue weighted by Crippen LogP contribution is 2.21. The molecule has 0 spiro atoms. The summed E-state index contributed by atoms with van der Waals surface area (Å²) in [7, 11) is 0. The van der Waals surface area contributed by atoms with E-state index >= 15 is 0 Å². The molecule has 112 valence electrons. The van der Waals surface area contributed by atoms with Crippen LogP contribution in [0.4, 0.5) is 8.78 Å². The van der Waals surface area contributed by atoms with E-state index in [9.17, 15) is 13.6 Å². The van der Waals surface area contributed by atoms with Crippen molar-refractivity contribution in [1.82, 2.24) is 9.47 Å². The third-order valence-corrected chi connectivity index (χ3v) is 3.86. The van der Waals surface area contributed by atoms with Crippen LogP contribution in [0.2, 0.25) is 0 Å². The van der Waals surface area contributed by atoms with Crippen LogP contribution in [0.1, 0.15) is 29.8 Å². The molecule has 0 unspecified atom stereocenters. The van der Waals surface area contributed by atoms with Gasteiger partial charge in [0.15, 0.2) is 0 Å². The van der Waals surface area contributed by atoms with Crippen LogP contribution in [0.15, 0.2) is 18.3 Å². The van der Waals surface area contributed by atoms with Crippen molar-refractivity contribution in [2.24, 2.45) is 11.7 Å². The fourth-order valence-corrected chi connectivity index (χ4v) is 2.74. The number of likely N-dealkylation sites (tertiary alicyclic amines) is 1. The van der Waals surface area contributed by atoms with Crippen molar-refractivity contribution in [3.05, 3.63) is 24.0 Å². The van der Waals surface area contributed by atoms with Crippen LogP contribution in [0.3, 0.4) is 0 Å². The number of hydrogen-bond acceptors (Lipinski definition) is 2. The maximum Gasteiger partial charge on any atom is 0.270 e. The number of hydrogen-bond donors (Lipinski definition) is 1. The summed E-state index contributed by atoms with van der Waals surface area (Å²) in [6.45, 7) is 1.61. The number of carbonyl (C=O) groups excluding carboxylic acids is 1. The van der Waals surface area contributed by atoms with Gasteiger partial charge in [-0.2, -0.15) is 0 Å². The summed E-state index contributed by atoms with van der Waals surface area (Å²) in [5.41, 5.74) is 5.89. The highest BCUT2D eigenvalue weighted by molar-refractivity contribution is 5.92. The Morgan fingerprint density at radius 1 is 1.40 bits per heavy atom. The molecule has 0 bridgehead atoms. The van der Waals surface area contributed by atoms with Gasteiger partial charge in [-0.3, -0.25) is 4.79 Å². The fraction of sp³-hybridized carbons (Fsp3) is 0.643. The highest BCUT2D eigenvalue weighted by atomic mass is 19.3. The molecule has 1 fully saturated rings. The van der Waals surface area contributed by atoms with Gasteiger partial charge in [-0.25, -0.2) is 8.78 Å². The van der Waals surface area contributed by atoms with Crippen LogP contribution < -0.4 is 5.73 Å². The molecule has 0 radical (unpaired) electrons. The molecule has 1 aromatic heterocycles. The second-order valence-corrected chi connectivity index (χ2v) is 5.25. The second kappa shape index (κ2) is 6.83. The zero-order valence-corrected chi connectivity index (χ0v) is 11.5. The van der Waals surface area contributed by atoms with Gasteiger partial charge in [0, 0.05) is 19.3 Å². The van der Waals surface area contributed by atoms with Crippen molar-refractivity contribution >= 4 is 5.91 Å². The van der Waals surface area contributed by atoms with E-state index in [2.05, 4.69) is 0 Å². The Labute approximate surface area is 117 Å². The first-order valence-electron chi connectivity index (χ1n) is 7.04. The predicted octanol–water partition coefficient (Wildman–Crippen LogP) is 1.95. The SMILES string of the molecule is NCCC1CCN(C(=O)c2cccn2CC(F)F)CC1. The van der Waals surface area contributed by atoms with Crippen LogP contribution in [0.25, 0.3) is 0 Å². The zero-order valence-electron chi connectivity index (χ0n) is 11.5. The Balaban J connectivity index is 1.97. The standard InChI is InChI=1S/C14H21F2N3O/c15-13(16)10-19-7-1-2-12(19)14(20)18-8-4-11(3-6-17)5-9-18/h1-2,7,11,13H,3-6,8-10,17H2. The maximum atomic E-state index is 12.5. The molecule has 2 heterocycles. The third kappa shape index (κ3) is 3.56. The number of piperidine rings is 1. The molecule has 1 aliphatic rings. The summed E-state index contributed by atoms with van der Waals surface area (Å²) >= 11 is 0. The van der Waals surface area contributed by atoms with E-state index in [1.165, 1.54) is 10.8 Å². The van der Waals surface area contributed by atoms with Gasteiger partial charge in [0.25, 0.3) is 12.3 Å². The van der Waals surface area contributed by atoms with E-state index in [0.717, 1.165) is 19.3 Å². The molecule has 1 aromatic rings. The maximum absolute atomic E-state index is 12.5. The lowest BCUT2D eigenvalue weighted by Gasteiger charge is -2.32. The van der Waals surface area contributed by atoms with E-state index in [0.29, 0.717) is 31.2 Å². The molecule has 2 rings (SSSR count). The molecular weight excluding hydrogens is 264 g/mol. The minimum absolute atomic E-state index is 0.151. The van der Waals surface area contributed by atoms with Gasteiger partial charge >= 0.3 is 0 Å². The number of nitrogens with zero attached hydrogens (tertiary/aromatic N) is 2. The lowest BCUT2D eigenvalue weighted by Crippen LogP contribution is -2.39. The minimum Gasteiger partial charge on any atom is -0.338 e. The van der Waals surface area contributed by atoms with Crippen molar-refractivity contribution in [3.8, 4) is 0 Å². The summed E-state index contributed by atoms with van der Waals surface area (Å²) in [6.07, 6.45) is 1.95. The van der Waals surface area contributed by atoms with E-state index in [1.54, 1.807) is 17.0 Å². The van der Waals surface area contributed by atoms with Crippen LogP contribution in [-0.4, -0.2) is 41.4 Å². The third-order valence-electron chi connectivity index (χ3n) is 3.86. The molecule has 1 aliphatic heterocycles. The number of nitrogens with two attached hydrogens (primary N) is 1. The Bertz CT molecular complexity index is 439. The van der Waals surface area contributed by atoms with Crippen LogP contribution >= 0.6 is 0 Å². The first-order valence-corrected chi connectivity index (χ1v) is 7.04. The largest absolute Gasteiger partial charge is 0.338 e. The Morgan fingerprint density at radius 3 is 2.70 bits per heavy atom. The van der Waals surface area contributed by atoms with Gasteiger partial charge < -0.3 is 15.2 Å². The minimum atomic E-state index is -2.45. The number of aromatic nitrogens is 1. The zero-order chi connectivity index (χ0) is 14.5. The lowest BCUT2D eigenvalue weighted by molar-refractivity contribution is 0.0668. The Morgan fingerprint density at radius 2 is 2.10 bits per heavy atom. The average Bonchev–Trinajstić information content (AvgIpc) is 2.86. The molecule has 0 aromatic carbocycles. The normalized spacial score (nSPS) is 16.9. The van der Waals surface area contributed by atoms with Gasteiger partial charge in [0.2, 0.25) is 0 Å². The number of amides is 1. The molecule has 1 amide bonds.